The molecule has 0 heterocycles. The molecule has 0 rings (SSSR count). The van der Waals surface area contributed by atoms with Crippen molar-refractivity contribution in [2.24, 2.45) is 0 Å². The van der Waals surface area contributed by atoms with E-state index >= 15 is 0 Å². The minimum atomic E-state index is -1.17. The minimum absolute atomic E-state index is 0.0827. The number of nitrogens with zero attached hydrogens (tertiary/aromatic N) is 1. The second-order valence-electron chi connectivity index (χ2n) is 1.07. The van der Waals surface area contributed by atoms with Gasteiger partial charge < -0.3 is 0 Å². The van der Waals surface area contributed by atoms with Gasteiger partial charge in [-0.05, 0) is 6.92 Å². The summed E-state index contributed by atoms with van der Waals surface area (Å²) in [7, 11) is 0. The van der Waals surface area contributed by atoms with Crippen LogP contribution in [-0.4, -0.2) is 28.2 Å². The highest BCUT2D eigenvalue weighted by atomic mass is 17.1. The van der Waals surface area contributed by atoms with Gasteiger partial charge in [-0.1, -0.05) is 0 Å². The molecule has 1 amide bonds. The zero-order valence-electron chi connectivity index (χ0n) is 4.37. The molecule has 0 aromatic rings. The fourth-order valence-electron chi connectivity index (χ4n) is 0.176. The number of hydroxylamine groups is 2. The van der Waals surface area contributed by atoms with Crippen LogP contribution in [0.15, 0.2) is 0 Å². The lowest BCUT2D eigenvalue weighted by molar-refractivity contribution is -0.214. The highest BCUT2D eigenvalue weighted by molar-refractivity contribution is 5.64. The number of rotatable bonds is 1. The van der Waals surface area contributed by atoms with Crippen LogP contribution in [0.4, 0.5) is 4.79 Å². The van der Waals surface area contributed by atoms with Gasteiger partial charge in [-0.15, -0.1) is 0 Å². The zero-order chi connectivity index (χ0) is 6.57. The summed E-state index contributed by atoms with van der Waals surface area (Å²) in [6.45, 7) is 1.61. The fourth-order valence-corrected chi connectivity index (χ4v) is 0.176. The third-order valence-electron chi connectivity index (χ3n) is 0.588. The van der Waals surface area contributed by atoms with Crippen LogP contribution in [0.5, 0.6) is 0 Å². The molecule has 0 unspecified atom stereocenters. The Kier molecular flexibility index (Phi) is 2.90. The van der Waals surface area contributed by atoms with Crippen molar-refractivity contribution in [1.29, 1.82) is 0 Å². The molecular formula is C3H7NO4. The summed E-state index contributed by atoms with van der Waals surface area (Å²) < 4.78 is 0. The lowest BCUT2D eigenvalue weighted by atomic mass is 10.7. The number of amides is 1. The Hall–Kier alpha value is -0.810. The average molecular weight is 121 g/mol. The van der Waals surface area contributed by atoms with Crippen LogP contribution < -0.4 is 0 Å². The van der Waals surface area contributed by atoms with E-state index < -0.39 is 6.09 Å². The van der Waals surface area contributed by atoms with Gasteiger partial charge in [0.1, 0.15) is 0 Å². The smallest absolute Gasteiger partial charge is 0.283 e. The van der Waals surface area contributed by atoms with Crippen molar-refractivity contribution in [3.63, 3.8) is 0 Å². The van der Waals surface area contributed by atoms with E-state index in [0.717, 1.165) is 0 Å². The lowest BCUT2D eigenvalue weighted by Crippen LogP contribution is -2.26. The quantitative estimate of drug-likeness (QED) is 0.297. The van der Waals surface area contributed by atoms with Crippen LogP contribution in [0.2, 0.25) is 0 Å². The van der Waals surface area contributed by atoms with Gasteiger partial charge in [-0.2, -0.15) is 10.3 Å². The van der Waals surface area contributed by atoms with Gasteiger partial charge in [0.25, 0.3) is 0 Å². The van der Waals surface area contributed by atoms with Crippen molar-refractivity contribution in [2.45, 2.75) is 6.92 Å². The second kappa shape index (κ2) is 3.23. The Morgan fingerprint density at radius 3 is 2.50 bits per heavy atom. The van der Waals surface area contributed by atoms with E-state index in [1.165, 1.54) is 6.92 Å². The molecule has 0 aliphatic heterocycles. The first-order chi connectivity index (χ1) is 3.72. The highest BCUT2D eigenvalue weighted by Crippen LogP contribution is 1.83. The number of hydrogen-bond acceptors (Lipinski definition) is 4. The normalized spacial score (nSPS) is 8.38. The Morgan fingerprint density at radius 1 is 1.88 bits per heavy atom. The van der Waals surface area contributed by atoms with E-state index in [0.29, 0.717) is 0 Å². The lowest BCUT2D eigenvalue weighted by Gasteiger charge is -2.06. The largest absolute Gasteiger partial charge is 0.464 e. The summed E-state index contributed by atoms with van der Waals surface area (Å²) in [5.41, 5.74) is 0. The first-order valence-corrected chi connectivity index (χ1v) is 2.04. The molecule has 5 heteroatoms. The number of carbonyl (C=O) groups excluding carboxylic acids is 1. The molecule has 0 aliphatic rings. The molecular weight excluding hydrogens is 114 g/mol. The van der Waals surface area contributed by atoms with Gasteiger partial charge in [0.15, 0.2) is 0 Å². The maximum Gasteiger partial charge on any atom is 0.464 e. The van der Waals surface area contributed by atoms with Crippen molar-refractivity contribution in [1.82, 2.24) is 5.06 Å². The van der Waals surface area contributed by atoms with Crippen LogP contribution in [0.1, 0.15) is 6.92 Å². The number of carbonyl (C=O) groups is 1. The molecule has 48 valence electrons. The molecule has 0 aromatic carbocycles. The van der Waals surface area contributed by atoms with Crippen molar-refractivity contribution in [3.8, 4) is 0 Å². The molecule has 5 nitrogen and oxygen atoms in total. The van der Waals surface area contributed by atoms with E-state index in [9.17, 15) is 4.79 Å². The van der Waals surface area contributed by atoms with Crippen molar-refractivity contribution in [2.75, 3.05) is 6.54 Å². The zero-order valence-corrected chi connectivity index (χ0v) is 4.37. The van der Waals surface area contributed by atoms with Crippen LogP contribution in [0.25, 0.3) is 0 Å². The molecule has 8 heavy (non-hydrogen) atoms. The topological polar surface area (TPSA) is 70.0 Å². The maximum atomic E-state index is 9.95. The van der Waals surface area contributed by atoms with Crippen LogP contribution in [-0.2, 0) is 4.89 Å². The molecule has 2 N–H and O–H groups in total. The van der Waals surface area contributed by atoms with Crippen LogP contribution in [0, 0.1) is 0 Å². The summed E-state index contributed by atoms with van der Waals surface area (Å²) in [5, 5.41) is 16.1. The van der Waals surface area contributed by atoms with E-state index in [-0.39, 0.29) is 11.6 Å². The number of hydrogen-bond donors (Lipinski definition) is 2. The Morgan fingerprint density at radius 2 is 2.38 bits per heavy atom. The fraction of sp³-hybridized carbons (Fsp3) is 0.667. The first kappa shape index (κ1) is 7.19. The van der Waals surface area contributed by atoms with Gasteiger partial charge in [0.2, 0.25) is 0 Å². The standard InChI is InChI=1S/C3H7NO4/c1-2-4(6)3(5)8-7/h6-7H,2H2,1H3. The van der Waals surface area contributed by atoms with Gasteiger partial charge >= 0.3 is 6.09 Å². The molecule has 0 saturated heterocycles. The Bertz CT molecular complexity index is 83.4. The van der Waals surface area contributed by atoms with E-state index in [4.69, 9.17) is 10.5 Å². The summed E-state index contributed by atoms with van der Waals surface area (Å²) >= 11 is 0. The summed E-state index contributed by atoms with van der Waals surface area (Å²) in [4.78, 5) is 13.1. The predicted octanol–water partition coefficient (Wildman–Crippen LogP) is 0.307. The molecule has 0 saturated carbocycles. The third kappa shape index (κ3) is 1.76. The summed E-state index contributed by atoms with van der Waals surface area (Å²) in [6.07, 6.45) is -1.17. The van der Waals surface area contributed by atoms with Gasteiger partial charge in [0, 0.05) is 6.54 Å². The highest BCUT2D eigenvalue weighted by Gasteiger charge is 2.07. The summed E-state index contributed by atoms with van der Waals surface area (Å²) in [6, 6.07) is 0. The van der Waals surface area contributed by atoms with Crippen molar-refractivity contribution < 1.29 is 20.1 Å². The van der Waals surface area contributed by atoms with Crippen LogP contribution >= 0.6 is 0 Å². The average Bonchev–Trinajstić information content (AvgIpc) is 1.84. The van der Waals surface area contributed by atoms with Gasteiger partial charge in [-0.25, -0.2) is 4.79 Å². The van der Waals surface area contributed by atoms with Crippen molar-refractivity contribution >= 4 is 6.09 Å². The maximum absolute atomic E-state index is 9.95. The Balaban J connectivity index is 3.46. The predicted molar refractivity (Wildman–Crippen MR) is 23.3 cm³/mol. The molecule has 0 radical (unpaired) electrons. The van der Waals surface area contributed by atoms with E-state index in [1.807, 2.05) is 0 Å². The minimum Gasteiger partial charge on any atom is -0.283 e. The summed E-state index contributed by atoms with van der Waals surface area (Å²) in [5.74, 6) is 0. The molecule has 0 atom stereocenters. The van der Waals surface area contributed by atoms with E-state index in [2.05, 4.69) is 4.89 Å². The molecule has 0 spiro atoms. The first-order valence-electron chi connectivity index (χ1n) is 2.04. The molecule has 0 bridgehead atoms. The van der Waals surface area contributed by atoms with Gasteiger partial charge in [0.05, 0.1) is 0 Å². The monoisotopic (exact) mass is 121 g/mol. The SMILES string of the molecule is CCN(O)C(=O)OO. The van der Waals surface area contributed by atoms with Crippen LogP contribution in [0.3, 0.4) is 0 Å². The second-order valence-corrected chi connectivity index (χ2v) is 1.07. The van der Waals surface area contributed by atoms with Crippen molar-refractivity contribution in [3.05, 3.63) is 0 Å². The van der Waals surface area contributed by atoms with Gasteiger partial charge in [-0.3, -0.25) is 10.1 Å². The molecule has 0 fully saturated rings. The van der Waals surface area contributed by atoms with E-state index in [1.54, 1.807) is 0 Å². The molecule has 0 aliphatic carbocycles. The third-order valence-corrected chi connectivity index (χ3v) is 0.588. The Labute approximate surface area is 46.0 Å². The molecule has 0 aromatic heterocycles.